The second-order valence-electron chi connectivity index (χ2n) is 12.9. The van der Waals surface area contributed by atoms with Crippen molar-refractivity contribution in [3.63, 3.8) is 0 Å². The van der Waals surface area contributed by atoms with E-state index in [-0.39, 0.29) is 29.2 Å². The molecule has 6 rings (SSSR count). The summed E-state index contributed by atoms with van der Waals surface area (Å²) in [5, 5.41) is 2.49. The van der Waals surface area contributed by atoms with Gasteiger partial charge in [-0.2, -0.15) is 0 Å². The monoisotopic (exact) mass is 465 g/mol. The Hall–Kier alpha value is -2.56. The molecule has 1 fully saturated rings. The molecule has 1 aliphatic carbocycles. The maximum absolute atomic E-state index is 6.38. The minimum Gasteiger partial charge on any atom is -0.399 e. The summed E-state index contributed by atoms with van der Waals surface area (Å²) >= 11 is 0. The van der Waals surface area contributed by atoms with Crippen molar-refractivity contribution in [3.8, 4) is 5.69 Å². The topological polar surface area (TPSA) is 23.4 Å². The van der Waals surface area contributed by atoms with Gasteiger partial charge in [0.15, 0.2) is 0 Å². The molecule has 0 amide bonds. The van der Waals surface area contributed by atoms with Crippen LogP contribution in [-0.4, -0.2) is 22.9 Å². The summed E-state index contributed by atoms with van der Waals surface area (Å²) in [7, 11) is -0.368. The summed E-state index contributed by atoms with van der Waals surface area (Å²) in [6.07, 6.45) is 1.15. The van der Waals surface area contributed by atoms with E-state index >= 15 is 0 Å². The van der Waals surface area contributed by atoms with Crippen LogP contribution in [-0.2, 0) is 20.1 Å². The van der Waals surface area contributed by atoms with Gasteiger partial charge in [-0.25, -0.2) is 0 Å². The maximum Gasteiger partial charge on any atom is 0.494 e. The first-order valence-electron chi connectivity index (χ1n) is 12.9. The average molecular weight is 465 g/mol. The van der Waals surface area contributed by atoms with Crippen LogP contribution < -0.4 is 5.46 Å². The lowest BCUT2D eigenvalue weighted by atomic mass is 9.78. The van der Waals surface area contributed by atoms with Gasteiger partial charge in [-0.1, -0.05) is 70.2 Å². The van der Waals surface area contributed by atoms with Gasteiger partial charge in [0.2, 0.25) is 0 Å². The third-order valence-electron chi connectivity index (χ3n) is 8.80. The summed E-state index contributed by atoms with van der Waals surface area (Å²) in [5.41, 5.74) is 7.33. The van der Waals surface area contributed by atoms with Gasteiger partial charge in [0, 0.05) is 10.8 Å². The molecule has 0 bridgehead atoms. The zero-order chi connectivity index (χ0) is 25.0. The minimum absolute atomic E-state index is 0.107. The van der Waals surface area contributed by atoms with Crippen molar-refractivity contribution in [1.29, 1.82) is 0 Å². The van der Waals surface area contributed by atoms with E-state index in [2.05, 4.69) is 121 Å². The molecule has 0 atom stereocenters. The molecule has 0 radical (unpaired) electrons. The molecule has 2 aliphatic rings. The first-order valence-corrected chi connectivity index (χ1v) is 12.9. The highest BCUT2D eigenvalue weighted by Crippen LogP contribution is 2.52. The van der Waals surface area contributed by atoms with Crippen LogP contribution in [0.1, 0.15) is 72.9 Å². The molecule has 4 aromatic rings. The number of hydrogen-bond donors (Lipinski definition) is 0. The van der Waals surface area contributed by atoms with E-state index in [0.717, 1.165) is 11.9 Å². The number of nitrogens with zero attached hydrogens (tertiary/aromatic N) is 1. The molecule has 1 aliphatic heterocycles. The lowest BCUT2D eigenvalue weighted by Gasteiger charge is -2.32. The zero-order valence-corrected chi connectivity index (χ0v) is 22.3. The van der Waals surface area contributed by atoms with Crippen molar-refractivity contribution < 1.29 is 9.31 Å². The number of benzene rings is 3. The number of aromatic nitrogens is 1. The van der Waals surface area contributed by atoms with Crippen molar-refractivity contribution in [1.82, 2.24) is 4.57 Å². The summed E-state index contributed by atoms with van der Waals surface area (Å²) in [6.45, 7) is 18.0. The Labute approximate surface area is 209 Å². The summed E-state index contributed by atoms with van der Waals surface area (Å²) < 4.78 is 15.2. The Balaban J connectivity index is 1.60. The van der Waals surface area contributed by atoms with E-state index in [1.807, 2.05) is 0 Å². The number of hydrogen-bond acceptors (Lipinski definition) is 2. The van der Waals surface area contributed by atoms with Gasteiger partial charge in [0.25, 0.3) is 0 Å². The SMILES string of the molecule is CC1(C)CC(C)(C)c2c(-n3c4ccccc4c4cc(B5OC(C)(C)C(C)(C)O5)ccc43)cccc21. The minimum atomic E-state index is -0.368. The highest BCUT2D eigenvalue weighted by Gasteiger charge is 2.51. The fraction of sp³-hybridized carbons (Fsp3) is 0.419. The maximum atomic E-state index is 6.38. The van der Waals surface area contributed by atoms with Crippen LogP contribution in [0, 0.1) is 0 Å². The lowest BCUT2D eigenvalue weighted by Crippen LogP contribution is -2.41. The molecule has 35 heavy (non-hydrogen) atoms. The first kappa shape index (κ1) is 22.9. The summed E-state index contributed by atoms with van der Waals surface area (Å²) in [5.74, 6) is 0. The largest absolute Gasteiger partial charge is 0.494 e. The second-order valence-corrected chi connectivity index (χ2v) is 12.9. The zero-order valence-electron chi connectivity index (χ0n) is 22.3. The molecule has 0 saturated carbocycles. The van der Waals surface area contributed by atoms with Crippen LogP contribution >= 0.6 is 0 Å². The van der Waals surface area contributed by atoms with Crippen molar-refractivity contribution in [3.05, 3.63) is 71.8 Å². The van der Waals surface area contributed by atoms with Gasteiger partial charge in [0.05, 0.1) is 27.9 Å². The Morgan fingerprint density at radius 3 is 2.06 bits per heavy atom. The molecule has 0 spiro atoms. The molecule has 0 N–H and O–H groups in total. The van der Waals surface area contributed by atoms with Gasteiger partial charge in [-0.3, -0.25) is 0 Å². The predicted octanol–water partition coefficient (Wildman–Crippen LogP) is 7.04. The van der Waals surface area contributed by atoms with Crippen LogP contribution in [0.15, 0.2) is 60.7 Å². The lowest BCUT2D eigenvalue weighted by molar-refractivity contribution is 0.00578. The summed E-state index contributed by atoms with van der Waals surface area (Å²) in [4.78, 5) is 0. The van der Waals surface area contributed by atoms with E-state index < -0.39 is 0 Å². The van der Waals surface area contributed by atoms with Crippen LogP contribution in [0.4, 0.5) is 0 Å². The van der Waals surface area contributed by atoms with Crippen LogP contribution in [0.25, 0.3) is 27.5 Å². The average Bonchev–Trinajstić information content (AvgIpc) is 3.29. The normalized spacial score (nSPS) is 21.7. The standard InChI is InChI=1S/C31H36BNO2/c1-28(2)19-29(3,4)27-23(28)13-11-15-26(27)33-24-14-10-9-12-21(24)22-18-20(16-17-25(22)33)32-34-30(5,6)31(7,8)35-32/h9-18H,19H2,1-8H3. The smallest absolute Gasteiger partial charge is 0.399 e. The molecule has 2 heterocycles. The molecular formula is C31H36BNO2. The molecule has 1 saturated heterocycles. The second kappa shape index (κ2) is 7.02. The van der Waals surface area contributed by atoms with Crippen LogP contribution in [0.2, 0.25) is 0 Å². The fourth-order valence-electron chi connectivity index (χ4n) is 6.67. The van der Waals surface area contributed by atoms with Crippen LogP contribution in [0.5, 0.6) is 0 Å². The molecule has 0 unspecified atom stereocenters. The predicted molar refractivity (Wildman–Crippen MR) is 147 cm³/mol. The Morgan fingerprint density at radius 1 is 0.686 bits per heavy atom. The molecule has 1 aromatic heterocycles. The van der Waals surface area contributed by atoms with Gasteiger partial charge in [-0.15, -0.1) is 0 Å². The van der Waals surface area contributed by atoms with Crippen molar-refractivity contribution in [2.24, 2.45) is 0 Å². The molecule has 4 heteroatoms. The van der Waals surface area contributed by atoms with E-state index in [9.17, 15) is 0 Å². The Kier molecular flexibility index (Phi) is 4.59. The highest BCUT2D eigenvalue weighted by atomic mass is 16.7. The van der Waals surface area contributed by atoms with E-state index in [0.29, 0.717) is 0 Å². The van der Waals surface area contributed by atoms with Gasteiger partial charge >= 0.3 is 7.12 Å². The highest BCUT2D eigenvalue weighted by molar-refractivity contribution is 6.62. The fourth-order valence-corrected chi connectivity index (χ4v) is 6.67. The quantitative estimate of drug-likeness (QED) is 0.297. The molecule has 3 aromatic carbocycles. The van der Waals surface area contributed by atoms with Crippen molar-refractivity contribution in [2.75, 3.05) is 0 Å². The molecule has 180 valence electrons. The van der Waals surface area contributed by atoms with Gasteiger partial charge < -0.3 is 13.9 Å². The first-order chi connectivity index (χ1) is 16.3. The number of fused-ring (bicyclic) bond motifs is 4. The third kappa shape index (κ3) is 3.19. The van der Waals surface area contributed by atoms with Gasteiger partial charge in [-0.05, 0) is 79.7 Å². The van der Waals surface area contributed by atoms with E-state index in [1.165, 1.54) is 38.6 Å². The van der Waals surface area contributed by atoms with Crippen molar-refractivity contribution >= 4 is 34.4 Å². The molecular weight excluding hydrogens is 429 g/mol. The van der Waals surface area contributed by atoms with Gasteiger partial charge in [0.1, 0.15) is 0 Å². The Morgan fingerprint density at radius 2 is 1.34 bits per heavy atom. The summed E-state index contributed by atoms with van der Waals surface area (Å²) in [6, 6.07) is 22.3. The third-order valence-corrected chi connectivity index (χ3v) is 8.80. The number of para-hydroxylation sites is 1. The molecule has 3 nitrogen and oxygen atoms in total. The van der Waals surface area contributed by atoms with Crippen molar-refractivity contribution in [2.45, 2.75) is 83.8 Å². The van der Waals surface area contributed by atoms with Crippen LogP contribution in [0.3, 0.4) is 0 Å². The van der Waals surface area contributed by atoms with E-state index in [4.69, 9.17) is 9.31 Å². The Bertz CT molecular complexity index is 1470. The van der Waals surface area contributed by atoms with E-state index in [1.54, 1.807) is 0 Å². The number of rotatable bonds is 2.